The van der Waals surface area contributed by atoms with Gasteiger partial charge in [0.2, 0.25) is 0 Å². The standard InChI is InChI=1S/C16H15N3O5/c1-10(11-7-8-14(20)15(9-11)24-2)17-18-16(21)12-5-3-4-6-13(12)19(22)23/h3-9,20H,1-2H3,(H,18,21)/b17-10+. The molecule has 2 aromatic rings. The molecule has 0 saturated carbocycles. The van der Waals surface area contributed by atoms with Crippen molar-refractivity contribution in [3.63, 3.8) is 0 Å². The van der Waals surface area contributed by atoms with E-state index < -0.39 is 10.8 Å². The summed E-state index contributed by atoms with van der Waals surface area (Å²) in [5.41, 5.74) is 2.97. The van der Waals surface area contributed by atoms with Crippen molar-refractivity contribution in [2.24, 2.45) is 5.10 Å². The summed E-state index contributed by atoms with van der Waals surface area (Å²) in [6.45, 7) is 1.64. The van der Waals surface area contributed by atoms with Crippen molar-refractivity contribution in [1.29, 1.82) is 0 Å². The van der Waals surface area contributed by atoms with Gasteiger partial charge in [-0.15, -0.1) is 0 Å². The molecule has 2 rings (SSSR count). The summed E-state index contributed by atoms with van der Waals surface area (Å²) >= 11 is 0. The van der Waals surface area contributed by atoms with Crippen molar-refractivity contribution in [2.45, 2.75) is 6.92 Å². The van der Waals surface area contributed by atoms with Crippen LogP contribution < -0.4 is 10.2 Å². The maximum atomic E-state index is 12.1. The molecule has 0 radical (unpaired) electrons. The van der Waals surface area contributed by atoms with Crippen molar-refractivity contribution in [3.05, 3.63) is 63.7 Å². The van der Waals surface area contributed by atoms with Crippen LogP contribution in [0.4, 0.5) is 5.69 Å². The first-order valence-corrected chi connectivity index (χ1v) is 6.89. The number of hydrazone groups is 1. The first kappa shape index (κ1) is 16.9. The van der Waals surface area contributed by atoms with Crippen LogP contribution >= 0.6 is 0 Å². The second-order valence-corrected chi connectivity index (χ2v) is 4.80. The molecule has 124 valence electrons. The molecular weight excluding hydrogens is 314 g/mol. The third kappa shape index (κ3) is 3.67. The van der Waals surface area contributed by atoms with Gasteiger partial charge in [-0.2, -0.15) is 5.10 Å². The number of nitro benzene ring substituents is 1. The molecule has 0 aromatic heterocycles. The monoisotopic (exact) mass is 329 g/mol. The lowest BCUT2D eigenvalue weighted by molar-refractivity contribution is -0.385. The summed E-state index contributed by atoms with van der Waals surface area (Å²) in [6.07, 6.45) is 0. The molecule has 8 nitrogen and oxygen atoms in total. The normalized spacial score (nSPS) is 11.0. The molecular formula is C16H15N3O5. The number of ether oxygens (including phenoxy) is 1. The molecule has 2 N–H and O–H groups in total. The number of carbonyl (C=O) groups excluding carboxylic acids is 1. The van der Waals surface area contributed by atoms with Crippen LogP contribution in [0.2, 0.25) is 0 Å². The minimum atomic E-state index is -0.688. The zero-order valence-corrected chi connectivity index (χ0v) is 13.0. The lowest BCUT2D eigenvalue weighted by atomic mass is 10.1. The second kappa shape index (κ2) is 7.23. The quantitative estimate of drug-likeness (QED) is 0.497. The number of phenolic OH excluding ortho intramolecular Hbond substituents is 1. The Balaban J connectivity index is 2.21. The number of rotatable bonds is 5. The summed E-state index contributed by atoms with van der Waals surface area (Å²) < 4.78 is 5.01. The van der Waals surface area contributed by atoms with Crippen LogP contribution in [0.25, 0.3) is 0 Å². The summed E-state index contributed by atoms with van der Waals surface area (Å²) in [5, 5.41) is 24.4. The maximum Gasteiger partial charge on any atom is 0.282 e. The minimum Gasteiger partial charge on any atom is -0.504 e. The number of methoxy groups -OCH3 is 1. The summed E-state index contributed by atoms with van der Waals surface area (Å²) in [4.78, 5) is 22.4. The van der Waals surface area contributed by atoms with E-state index in [2.05, 4.69) is 10.5 Å². The number of nitrogens with one attached hydrogen (secondary N) is 1. The maximum absolute atomic E-state index is 12.1. The number of carbonyl (C=O) groups is 1. The highest BCUT2D eigenvalue weighted by Gasteiger charge is 2.18. The molecule has 0 bridgehead atoms. The van der Waals surface area contributed by atoms with Crippen LogP contribution in [-0.2, 0) is 0 Å². The van der Waals surface area contributed by atoms with Gasteiger partial charge in [0, 0.05) is 11.6 Å². The number of amides is 1. The van der Waals surface area contributed by atoms with Gasteiger partial charge in [0.1, 0.15) is 5.56 Å². The topological polar surface area (TPSA) is 114 Å². The summed E-state index contributed by atoms with van der Waals surface area (Å²) in [7, 11) is 1.42. The van der Waals surface area contributed by atoms with Crippen LogP contribution in [0.3, 0.4) is 0 Å². The smallest absolute Gasteiger partial charge is 0.282 e. The van der Waals surface area contributed by atoms with Crippen molar-refractivity contribution < 1.29 is 19.6 Å². The van der Waals surface area contributed by atoms with Crippen LogP contribution in [0.1, 0.15) is 22.8 Å². The van der Waals surface area contributed by atoms with Gasteiger partial charge in [-0.1, -0.05) is 12.1 Å². The number of nitrogens with zero attached hydrogens (tertiary/aromatic N) is 2. The first-order valence-electron chi connectivity index (χ1n) is 6.89. The summed E-state index contributed by atoms with van der Waals surface area (Å²) in [5.74, 6) is -0.433. The molecule has 0 heterocycles. The highest BCUT2D eigenvalue weighted by atomic mass is 16.6. The van der Waals surface area contributed by atoms with E-state index in [1.807, 2.05) is 0 Å². The molecule has 24 heavy (non-hydrogen) atoms. The predicted molar refractivity (Wildman–Crippen MR) is 87.4 cm³/mol. The second-order valence-electron chi connectivity index (χ2n) is 4.80. The van der Waals surface area contributed by atoms with Gasteiger partial charge in [0.15, 0.2) is 11.5 Å². The zero-order chi connectivity index (χ0) is 17.7. The molecule has 0 spiro atoms. The number of benzene rings is 2. The van der Waals surface area contributed by atoms with Crippen molar-refractivity contribution in [1.82, 2.24) is 5.43 Å². The number of hydrogen-bond acceptors (Lipinski definition) is 6. The molecule has 0 fully saturated rings. The average Bonchev–Trinajstić information content (AvgIpc) is 2.59. The van der Waals surface area contributed by atoms with Crippen molar-refractivity contribution in [3.8, 4) is 11.5 Å². The summed E-state index contributed by atoms with van der Waals surface area (Å²) in [6, 6.07) is 10.2. The Morgan fingerprint density at radius 2 is 2.00 bits per heavy atom. The predicted octanol–water partition coefficient (Wildman–Crippen LogP) is 2.46. The van der Waals surface area contributed by atoms with Crippen molar-refractivity contribution >= 4 is 17.3 Å². The number of nitro groups is 1. The van der Waals surface area contributed by atoms with E-state index in [1.165, 1.54) is 37.4 Å². The first-order chi connectivity index (χ1) is 11.4. The highest BCUT2D eigenvalue weighted by Crippen LogP contribution is 2.26. The Morgan fingerprint density at radius 3 is 2.67 bits per heavy atom. The van der Waals surface area contributed by atoms with Crippen LogP contribution in [0, 0.1) is 10.1 Å². The molecule has 0 aliphatic carbocycles. The molecule has 8 heteroatoms. The molecule has 0 aliphatic heterocycles. The van der Waals surface area contributed by atoms with E-state index in [4.69, 9.17) is 4.74 Å². The SMILES string of the molecule is COc1cc(/C(C)=N/NC(=O)c2ccccc2[N+](=O)[O-])ccc1O. The fourth-order valence-corrected chi connectivity index (χ4v) is 1.99. The Hall–Kier alpha value is -3.42. The van der Waals surface area contributed by atoms with E-state index in [1.54, 1.807) is 19.1 Å². The largest absolute Gasteiger partial charge is 0.504 e. The lowest BCUT2D eigenvalue weighted by Gasteiger charge is -2.07. The molecule has 0 unspecified atom stereocenters. The minimum absolute atomic E-state index is 0.0157. The van der Waals surface area contributed by atoms with Gasteiger partial charge in [-0.25, -0.2) is 5.43 Å². The van der Waals surface area contributed by atoms with Crippen LogP contribution in [0.15, 0.2) is 47.6 Å². The van der Waals surface area contributed by atoms with E-state index >= 15 is 0 Å². The number of hydrogen-bond donors (Lipinski definition) is 2. The molecule has 0 atom stereocenters. The average molecular weight is 329 g/mol. The highest BCUT2D eigenvalue weighted by molar-refractivity contribution is 6.02. The number of para-hydroxylation sites is 1. The zero-order valence-electron chi connectivity index (χ0n) is 13.0. The van der Waals surface area contributed by atoms with E-state index in [-0.39, 0.29) is 22.7 Å². The van der Waals surface area contributed by atoms with Gasteiger partial charge in [-0.05, 0) is 31.2 Å². The third-order valence-electron chi connectivity index (χ3n) is 3.27. The van der Waals surface area contributed by atoms with Gasteiger partial charge >= 0.3 is 0 Å². The fraction of sp³-hybridized carbons (Fsp3) is 0.125. The van der Waals surface area contributed by atoms with E-state index in [9.17, 15) is 20.0 Å². The Morgan fingerprint density at radius 1 is 1.29 bits per heavy atom. The van der Waals surface area contributed by atoms with Gasteiger partial charge in [0.25, 0.3) is 11.6 Å². The lowest BCUT2D eigenvalue weighted by Crippen LogP contribution is -2.20. The fourth-order valence-electron chi connectivity index (χ4n) is 1.99. The van der Waals surface area contributed by atoms with Gasteiger partial charge in [0.05, 0.1) is 17.7 Å². The number of aromatic hydroxyl groups is 1. The number of phenols is 1. The van der Waals surface area contributed by atoms with Crippen LogP contribution in [-0.4, -0.2) is 28.8 Å². The molecule has 2 aromatic carbocycles. The van der Waals surface area contributed by atoms with Gasteiger partial charge in [-0.3, -0.25) is 14.9 Å². The molecule has 1 amide bonds. The molecule has 0 saturated heterocycles. The van der Waals surface area contributed by atoms with E-state index in [0.717, 1.165) is 0 Å². The third-order valence-corrected chi connectivity index (χ3v) is 3.27. The van der Waals surface area contributed by atoms with E-state index in [0.29, 0.717) is 11.3 Å². The Labute approximate surface area is 137 Å². The van der Waals surface area contributed by atoms with Gasteiger partial charge < -0.3 is 9.84 Å². The van der Waals surface area contributed by atoms with Crippen molar-refractivity contribution in [2.75, 3.05) is 7.11 Å². The Bertz CT molecular complexity index is 817. The Kier molecular flexibility index (Phi) is 5.10. The molecule has 0 aliphatic rings. The van der Waals surface area contributed by atoms with Crippen LogP contribution in [0.5, 0.6) is 11.5 Å².